The summed E-state index contributed by atoms with van der Waals surface area (Å²) in [7, 11) is 0. The van der Waals surface area contributed by atoms with E-state index in [1.165, 1.54) is 24.3 Å². The second-order valence-corrected chi connectivity index (χ2v) is 5.78. The number of nitrogens with one attached hydrogen (secondary N) is 2. The molecule has 0 bridgehead atoms. The molecule has 0 saturated heterocycles. The van der Waals surface area contributed by atoms with Gasteiger partial charge in [0, 0.05) is 18.2 Å². The first-order valence-electron chi connectivity index (χ1n) is 8.06. The maximum absolute atomic E-state index is 11.7. The Hall–Kier alpha value is -3.68. The number of ether oxygens (including phenoxy) is 1. The molecule has 8 nitrogen and oxygen atoms in total. The fraction of sp³-hybridized carbons (Fsp3) is 0.158. The summed E-state index contributed by atoms with van der Waals surface area (Å²) in [5.74, 6) is -0.513. The van der Waals surface area contributed by atoms with E-state index >= 15 is 0 Å². The third kappa shape index (κ3) is 6.28. The van der Waals surface area contributed by atoms with Gasteiger partial charge in [-0.25, -0.2) is 0 Å². The van der Waals surface area contributed by atoms with Gasteiger partial charge < -0.3 is 4.74 Å². The normalized spacial score (nSPS) is 10.4. The van der Waals surface area contributed by atoms with Crippen LogP contribution < -0.4 is 15.6 Å². The minimum absolute atomic E-state index is 0.0746. The second-order valence-electron chi connectivity index (χ2n) is 5.78. The third-order valence-corrected chi connectivity index (χ3v) is 3.52. The molecule has 0 spiro atoms. The Bertz CT molecular complexity index is 893. The van der Waals surface area contributed by atoms with Gasteiger partial charge in [-0.2, -0.15) is 0 Å². The van der Waals surface area contributed by atoms with Crippen LogP contribution in [0.1, 0.15) is 16.7 Å². The highest BCUT2D eigenvalue weighted by Gasteiger charge is 2.07. The van der Waals surface area contributed by atoms with Crippen molar-refractivity contribution >= 4 is 23.6 Å². The summed E-state index contributed by atoms with van der Waals surface area (Å²) in [5.41, 5.74) is 6.85. The zero-order chi connectivity index (χ0) is 19.8. The number of amides is 2. The molecule has 0 atom stereocenters. The molecule has 2 aromatic rings. The van der Waals surface area contributed by atoms with Crippen molar-refractivity contribution in [1.29, 1.82) is 0 Å². The number of hydrogen-bond donors (Lipinski definition) is 2. The summed E-state index contributed by atoms with van der Waals surface area (Å²) in [6, 6.07) is 11.4. The van der Waals surface area contributed by atoms with Crippen LogP contribution in [-0.2, 0) is 9.59 Å². The molecule has 0 heterocycles. The van der Waals surface area contributed by atoms with Crippen LogP contribution in [0.25, 0.3) is 6.08 Å². The molecule has 140 valence electrons. The van der Waals surface area contributed by atoms with Gasteiger partial charge in [0.25, 0.3) is 17.5 Å². The molecule has 0 aromatic heterocycles. The third-order valence-electron chi connectivity index (χ3n) is 3.52. The second kappa shape index (κ2) is 9.14. The molecular formula is C19H19N3O5. The van der Waals surface area contributed by atoms with E-state index in [2.05, 4.69) is 10.9 Å². The highest BCUT2D eigenvalue weighted by atomic mass is 16.6. The number of nitro groups is 1. The lowest BCUT2D eigenvalue weighted by molar-refractivity contribution is -0.384. The van der Waals surface area contributed by atoms with E-state index in [1.54, 1.807) is 12.1 Å². The number of carbonyl (C=O) groups excluding carboxylic acids is 2. The van der Waals surface area contributed by atoms with E-state index in [0.29, 0.717) is 11.3 Å². The average molecular weight is 369 g/mol. The molecular weight excluding hydrogens is 350 g/mol. The van der Waals surface area contributed by atoms with Gasteiger partial charge in [-0.05, 0) is 37.1 Å². The lowest BCUT2D eigenvalue weighted by Gasteiger charge is -2.10. The Morgan fingerprint density at radius 1 is 1.15 bits per heavy atom. The van der Waals surface area contributed by atoms with Crippen LogP contribution in [0.2, 0.25) is 0 Å². The predicted octanol–water partition coefficient (Wildman–Crippen LogP) is 2.45. The van der Waals surface area contributed by atoms with Gasteiger partial charge in [0.05, 0.1) is 4.92 Å². The zero-order valence-electron chi connectivity index (χ0n) is 14.9. The smallest absolute Gasteiger partial charge is 0.276 e. The Morgan fingerprint density at radius 3 is 2.63 bits per heavy atom. The van der Waals surface area contributed by atoms with E-state index in [9.17, 15) is 19.7 Å². The van der Waals surface area contributed by atoms with E-state index in [4.69, 9.17) is 4.74 Å². The quantitative estimate of drug-likeness (QED) is 0.462. The molecule has 0 radical (unpaired) electrons. The van der Waals surface area contributed by atoms with Crippen molar-refractivity contribution < 1.29 is 19.2 Å². The van der Waals surface area contributed by atoms with Gasteiger partial charge in [-0.1, -0.05) is 29.8 Å². The van der Waals surface area contributed by atoms with Gasteiger partial charge in [0.15, 0.2) is 6.61 Å². The van der Waals surface area contributed by atoms with Crippen molar-refractivity contribution in [2.45, 2.75) is 13.8 Å². The van der Waals surface area contributed by atoms with Crippen LogP contribution in [0.15, 0.2) is 48.5 Å². The Balaban J connectivity index is 1.80. The first-order valence-corrected chi connectivity index (χ1v) is 8.06. The Morgan fingerprint density at radius 2 is 1.93 bits per heavy atom. The van der Waals surface area contributed by atoms with Gasteiger partial charge in [0.2, 0.25) is 0 Å². The SMILES string of the molecule is Cc1ccc(OCC(=O)NNC(=O)/C=C/c2cccc([N+](=O)[O-])c2)c(C)c1. The summed E-state index contributed by atoms with van der Waals surface area (Å²) in [4.78, 5) is 33.7. The van der Waals surface area contributed by atoms with Crippen molar-refractivity contribution in [1.82, 2.24) is 10.9 Å². The number of nitro benzene ring substituents is 1. The van der Waals surface area contributed by atoms with Crippen LogP contribution in [0.5, 0.6) is 5.75 Å². The number of nitrogens with zero attached hydrogens (tertiary/aromatic N) is 1. The number of carbonyl (C=O) groups is 2. The Labute approximate surface area is 156 Å². The predicted molar refractivity (Wildman–Crippen MR) is 99.8 cm³/mol. The fourth-order valence-electron chi connectivity index (χ4n) is 2.23. The van der Waals surface area contributed by atoms with E-state index in [1.807, 2.05) is 26.0 Å². The molecule has 2 rings (SSSR count). The summed E-state index contributed by atoms with van der Waals surface area (Å²) in [5, 5.41) is 10.7. The van der Waals surface area contributed by atoms with Gasteiger partial charge in [-0.3, -0.25) is 30.6 Å². The minimum Gasteiger partial charge on any atom is -0.483 e. The molecule has 0 aliphatic heterocycles. The van der Waals surface area contributed by atoms with Gasteiger partial charge in [-0.15, -0.1) is 0 Å². The van der Waals surface area contributed by atoms with Crippen LogP contribution in [0.3, 0.4) is 0 Å². The molecule has 0 unspecified atom stereocenters. The molecule has 2 N–H and O–H groups in total. The van der Waals surface area contributed by atoms with Gasteiger partial charge >= 0.3 is 0 Å². The van der Waals surface area contributed by atoms with Crippen molar-refractivity contribution in [3.8, 4) is 5.75 Å². The fourth-order valence-corrected chi connectivity index (χ4v) is 2.23. The summed E-state index contributed by atoms with van der Waals surface area (Å²) < 4.78 is 5.41. The van der Waals surface area contributed by atoms with E-state index in [-0.39, 0.29) is 12.3 Å². The number of rotatable bonds is 6. The maximum atomic E-state index is 11.7. The highest BCUT2D eigenvalue weighted by molar-refractivity contribution is 5.93. The molecule has 2 amide bonds. The number of non-ortho nitro benzene ring substituents is 1. The number of hydrogen-bond acceptors (Lipinski definition) is 5. The van der Waals surface area contributed by atoms with Gasteiger partial charge in [0.1, 0.15) is 5.75 Å². The van der Waals surface area contributed by atoms with Crippen LogP contribution in [-0.4, -0.2) is 23.3 Å². The lowest BCUT2D eigenvalue weighted by atomic mass is 10.1. The largest absolute Gasteiger partial charge is 0.483 e. The molecule has 0 saturated carbocycles. The number of hydrazine groups is 1. The zero-order valence-corrected chi connectivity index (χ0v) is 14.9. The first-order chi connectivity index (χ1) is 12.8. The van der Waals surface area contributed by atoms with Crippen molar-refractivity contribution in [3.63, 3.8) is 0 Å². The van der Waals surface area contributed by atoms with E-state index in [0.717, 1.165) is 17.2 Å². The van der Waals surface area contributed by atoms with Crippen LogP contribution >= 0.6 is 0 Å². The molecule has 0 aliphatic carbocycles. The number of aryl methyl sites for hydroxylation is 2. The highest BCUT2D eigenvalue weighted by Crippen LogP contribution is 2.18. The molecule has 8 heteroatoms. The molecule has 0 fully saturated rings. The minimum atomic E-state index is -0.582. The van der Waals surface area contributed by atoms with E-state index < -0.39 is 16.7 Å². The lowest BCUT2D eigenvalue weighted by Crippen LogP contribution is -2.43. The average Bonchev–Trinajstić information content (AvgIpc) is 2.64. The molecule has 0 aliphatic rings. The first kappa shape index (κ1) is 19.6. The van der Waals surface area contributed by atoms with Crippen molar-refractivity contribution in [3.05, 3.63) is 75.3 Å². The number of benzene rings is 2. The maximum Gasteiger partial charge on any atom is 0.276 e. The van der Waals surface area contributed by atoms with Crippen LogP contribution in [0, 0.1) is 24.0 Å². The summed E-state index contributed by atoms with van der Waals surface area (Å²) >= 11 is 0. The van der Waals surface area contributed by atoms with Crippen molar-refractivity contribution in [2.24, 2.45) is 0 Å². The summed E-state index contributed by atoms with van der Waals surface area (Å²) in [6.07, 6.45) is 2.56. The molecule has 27 heavy (non-hydrogen) atoms. The topological polar surface area (TPSA) is 111 Å². The Kier molecular flexibility index (Phi) is 6.65. The standard InChI is InChI=1S/C19H19N3O5/c1-13-6-8-17(14(2)10-13)27-12-19(24)21-20-18(23)9-7-15-4-3-5-16(11-15)22(25)26/h3-11H,12H2,1-2H3,(H,20,23)(H,21,24)/b9-7+. The monoisotopic (exact) mass is 369 g/mol. The molecule has 2 aromatic carbocycles. The summed E-state index contributed by atoms with van der Waals surface area (Å²) in [6.45, 7) is 3.58. The van der Waals surface area contributed by atoms with Crippen LogP contribution in [0.4, 0.5) is 5.69 Å². The van der Waals surface area contributed by atoms with Crippen molar-refractivity contribution in [2.75, 3.05) is 6.61 Å².